The van der Waals surface area contributed by atoms with Gasteiger partial charge in [-0.05, 0) is 49.1 Å². The second-order valence-corrected chi connectivity index (χ2v) is 9.18. The van der Waals surface area contributed by atoms with E-state index in [0.717, 1.165) is 6.42 Å². The van der Waals surface area contributed by atoms with Crippen LogP contribution in [0.2, 0.25) is 5.02 Å². The first-order valence-electron chi connectivity index (χ1n) is 10.4. The molecule has 0 spiro atoms. The Labute approximate surface area is 179 Å². The molecule has 7 unspecified atom stereocenters. The predicted octanol–water partition coefficient (Wildman–Crippen LogP) is 2.90. The minimum Gasteiger partial charge on any atom is -0.454 e. The number of imide groups is 1. The molecule has 1 saturated heterocycles. The van der Waals surface area contributed by atoms with Crippen molar-refractivity contribution in [1.82, 2.24) is 4.90 Å². The van der Waals surface area contributed by atoms with Crippen LogP contribution in [0.3, 0.4) is 0 Å². The number of hydrogen-bond donors (Lipinski definition) is 0. The highest BCUT2D eigenvalue weighted by Crippen LogP contribution is 2.65. The lowest BCUT2D eigenvalue weighted by Crippen LogP contribution is -2.40. The number of hydrogen-bond acceptors (Lipinski definition) is 5. The van der Waals surface area contributed by atoms with Crippen LogP contribution in [0, 0.1) is 35.5 Å². The fourth-order valence-electron chi connectivity index (χ4n) is 5.63. The van der Waals surface area contributed by atoms with Gasteiger partial charge < -0.3 is 4.74 Å². The first-order valence-corrected chi connectivity index (χ1v) is 10.8. The summed E-state index contributed by atoms with van der Waals surface area (Å²) < 4.78 is 5.24. The summed E-state index contributed by atoms with van der Waals surface area (Å²) >= 11 is 5.90. The van der Waals surface area contributed by atoms with Gasteiger partial charge in [-0.1, -0.05) is 35.9 Å². The van der Waals surface area contributed by atoms with Crippen molar-refractivity contribution in [1.29, 1.82) is 0 Å². The third-order valence-electron chi connectivity index (χ3n) is 7.08. The van der Waals surface area contributed by atoms with Gasteiger partial charge in [-0.15, -0.1) is 0 Å². The molecule has 6 nitrogen and oxygen atoms in total. The highest BCUT2D eigenvalue weighted by Gasteiger charge is 2.66. The smallest absolute Gasteiger partial charge is 0.308 e. The zero-order valence-electron chi connectivity index (χ0n) is 16.5. The Morgan fingerprint density at radius 2 is 1.77 bits per heavy atom. The van der Waals surface area contributed by atoms with Gasteiger partial charge in [-0.3, -0.25) is 24.1 Å². The Balaban J connectivity index is 1.19. The van der Waals surface area contributed by atoms with Crippen LogP contribution in [0.25, 0.3) is 0 Å². The molecule has 30 heavy (non-hydrogen) atoms. The zero-order valence-corrected chi connectivity index (χ0v) is 17.2. The van der Waals surface area contributed by atoms with Crippen molar-refractivity contribution < 1.29 is 23.9 Å². The summed E-state index contributed by atoms with van der Waals surface area (Å²) in [5.41, 5.74) is 0.360. The average Bonchev–Trinajstić information content (AvgIpc) is 3.51. The summed E-state index contributed by atoms with van der Waals surface area (Å²) in [4.78, 5) is 51.8. The second-order valence-electron chi connectivity index (χ2n) is 8.74. The van der Waals surface area contributed by atoms with Crippen LogP contribution < -0.4 is 0 Å². The van der Waals surface area contributed by atoms with Gasteiger partial charge >= 0.3 is 5.97 Å². The van der Waals surface area contributed by atoms with Gasteiger partial charge in [0.15, 0.2) is 6.10 Å². The average molecular weight is 428 g/mol. The molecule has 0 N–H and O–H groups in total. The Kier molecular flexibility index (Phi) is 4.58. The molecule has 2 bridgehead atoms. The molecule has 7 heteroatoms. The van der Waals surface area contributed by atoms with Gasteiger partial charge in [0.05, 0.1) is 18.3 Å². The maximum absolute atomic E-state index is 12.9. The Morgan fingerprint density at radius 1 is 1.13 bits per heavy atom. The number of ether oxygens (including phenoxy) is 1. The number of carbonyl (C=O) groups is 4. The van der Waals surface area contributed by atoms with Crippen molar-refractivity contribution in [2.45, 2.75) is 25.9 Å². The van der Waals surface area contributed by atoms with E-state index in [1.165, 1.54) is 17.9 Å². The van der Waals surface area contributed by atoms with Gasteiger partial charge in [0.1, 0.15) is 0 Å². The normalized spacial score (nSPS) is 33.9. The van der Waals surface area contributed by atoms with E-state index in [0.29, 0.717) is 22.4 Å². The van der Waals surface area contributed by atoms with Crippen LogP contribution in [-0.4, -0.2) is 41.1 Å². The zero-order chi connectivity index (χ0) is 21.2. The standard InChI is InChI=1S/C23H22ClNO5/c1-11(21(27)12-3-2-4-13(24)9-12)30-18(26)7-8-25-22(28)19-14-5-6-15(17-10-16(14)17)20(19)23(25)29/h2-6,9,11,14-17,19-20H,7-8,10H2,1H3. The number of halogens is 1. The highest BCUT2D eigenvalue weighted by atomic mass is 35.5. The number of amides is 2. The highest BCUT2D eigenvalue weighted by molar-refractivity contribution is 6.31. The van der Waals surface area contributed by atoms with Crippen molar-refractivity contribution in [2.75, 3.05) is 6.54 Å². The molecule has 3 fully saturated rings. The molecule has 1 heterocycles. The maximum Gasteiger partial charge on any atom is 0.308 e. The van der Waals surface area contributed by atoms with Crippen LogP contribution in [0.1, 0.15) is 30.1 Å². The maximum atomic E-state index is 12.9. The number of rotatable bonds is 6. The van der Waals surface area contributed by atoms with Crippen molar-refractivity contribution >= 4 is 35.2 Å². The molecular formula is C23H22ClNO5. The first kappa shape index (κ1) is 19.5. The largest absolute Gasteiger partial charge is 0.454 e. The summed E-state index contributed by atoms with van der Waals surface area (Å²) in [5.74, 6) is -0.420. The number of Topliss-reactive ketones (excluding diaryl/α,β-unsaturated/α-hetero) is 1. The molecule has 2 saturated carbocycles. The van der Waals surface area contributed by atoms with Crippen LogP contribution in [0.4, 0.5) is 0 Å². The fourth-order valence-corrected chi connectivity index (χ4v) is 5.82. The molecule has 4 aliphatic carbocycles. The summed E-state index contributed by atoms with van der Waals surface area (Å²) in [6, 6.07) is 6.43. The quantitative estimate of drug-likeness (QED) is 0.302. The van der Waals surface area contributed by atoms with E-state index in [-0.39, 0.29) is 54.2 Å². The molecule has 0 aromatic heterocycles. The van der Waals surface area contributed by atoms with Crippen LogP contribution >= 0.6 is 11.6 Å². The van der Waals surface area contributed by atoms with Gasteiger partial charge in [-0.25, -0.2) is 0 Å². The van der Waals surface area contributed by atoms with Crippen molar-refractivity contribution in [2.24, 2.45) is 35.5 Å². The van der Waals surface area contributed by atoms with Crippen molar-refractivity contribution in [3.63, 3.8) is 0 Å². The Morgan fingerprint density at radius 3 is 2.37 bits per heavy atom. The van der Waals surface area contributed by atoms with Gasteiger partial charge in [0, 0.05) is 17.1 Å². The molecular weight excluding hydrogens is 406 g/mol. The van der Waals surface area contributed by atoms with E-state index in [1.807, 2.05) is 0 Å². The summed E-state index contributed by atoms with van der Waals surface area (Å²) in [6.07, 6.45) is 4.24. The number of benzene rings is 1. The fraction of sp³-hybridized carbons (Fsp3) is 0.478. The molecule has 2 amide bonds. The van der Waals surface area contributed by atoms with E-state index < -0.39 is 12.1 Å². The number of nitrogens with zero attached hydrogens (tertiary/aromatic N) is 1. The monoisotopic (exact) mass is 427 g/mol. The summed E-state index contributed by atoms with van der Waals surface area (Å²) in [6.45, 7) is 1.49. The molecule has 6 rings (SSSR count). The molecule has 1 aromatic rings. The predicted molar refractivity (Wildman–Crippen MR) is 107 cm³/mol. The van der Waals surface area contributed by atoms with Crippen molar-refractivity contribution in [3.05, 3.63) is 47.0 Å². The first-order chi connectivity index (χ1) is 14.4. The Bertz CT molecular complexity index is 952. The molecule has 1 aromatic carbocycles. The van der Waals surface area contributed by atoms with Crippen LogP contribution in [-0.2, 0) is 19.1 Å². The van der Waals surface area contributed by atoms with Crippen LogP contribution in [0.15, 0.2) is 36.4 Å². The molecule has 0 radical (unpaired) electrons. The minimum atomic E-state index is -0.976. The summed E-state index contributed by atoms with van der Waals surface area (Å²) in [7, 11) is 0. The minimum absolute atomic E-state index is 0.00362. The van der Waals surface area contributed by atoms with Crippen molar-refractivity contribution in [3.8, 4) is 0 Å². The SMILES string of the molecule is CC(OC(=O)CCN1C(=O)C2C3C=CC(C4CC34)C2C1=O)C(=O)c1cccc(Cl)c1. The topological polar surface area (TPSA) is 80.8 Å². The summed E-state index contributed by atoms with van der Waals surface area (Å²) in [5, 5.41) is 0.424. The molecule has 156 valence electrons. The van der Waals surface area contributed by atoms with E-state index in [2.05, 4.69) is 12.2 Å². The van der Waals surface area contributed by atoms with E-state index in [9.17, 15) is 19.2 Å². The van der Waals surface area contributed by atoms with Crippen LogP contribution in [0.5, 0.6) is 0 Å². The molecule has 7 atom stereocenters. The number of esters is 1. The molecule has 1 aliphatic heterocycles. The number of allylic oxidation sites excluding steroid dienone is 2. The van der Waals surface area contributed by atoms with E-state index in [4.69, 9.17) is 16.3 Å². The third-order valence-corrected chi connectivity index (χ3v) is 7.32. The van der Waals surface area contributed by atoms with Gasteiger partial charge in [0.2, 0.25) is 17.6 Å². The lowest BCUT2D eigenvalue weighted by Gasteiger charge is -2.37. The lowest BCUT2D eigenvalue weighted by atomic mass is 9.63. The Hall–Kier alpha value is -2.47. The number of carbonyl (C=O) groups excluding carboxylic acids is 4. The number of ketones is 1. The molecule has 5 aliphatic rings. The van der Waals surface area contributed by atoms with Gasteiger partial charge in [0.25, 0.3) is 0 Å². The third kappa shape index (κ3) is 3.00. The number of likely N-dealkylation sites (tertiary alicyclic amines) is 1. The van der Waals surface area contributed by atoms with Gasteiger partial charge in [-0.2, -0.15) is 0 Å². The second kappa shape index (κ2) is 7.05. The lowest BCUT2D eigenvalue weighted by molar-refractivity contribution is -0.148. The van der Waals surface area contributed by atoms with E-state index in [1.54, 1.807) is 18.2 Å². The van der Waals surface area contributed by atoms with E-state index >= 15 is 0 Å².